The number of amides is 1. The van der Waals surface area contributed by atoms with Gasteiger partial charge < -0.3 is 14.3 Å². The van der Waals surface area contributed by atoms with Crippen molar-refractivity contribution < 1.29 is 9.32 Å². The van der Waals surface area contributed by atoms with Gasteiger partial charge in [0.05, 0.1) is 13.1 Å². The number of carbonyl (C=O) groups is 1. The Morgan fingerprint density at radius 2 is 1.95 bits per heavy atom. The Balaban J connectivity index is 2.16. The molecule has 1 aromatic carbocycles. The van der Waals surface area contributed by atoms with Gasteiger partial charge in [-0.25, -0.2) is 0 Å². The number of hydrogen-bond donors (Lipinski definition) is 0. The second-order valence-corrected chi connectivity index (χ2v) is 4.47. The Morgan fingerprint density at radius 3 is 2.53 bits per heavy atom. The van der Waals surface area contributed by atoms with E-state index in [4.69, 9.17) is 4.52 Å². The zero-order valence-electron chi connectivity index (χ0n) is 11.1. The highest BCUT2D eigenvalue weighted by Gasteiger charge is 2.14. The fraction of sp³-hybridized carbons (Fsp3) is 0.286. The molecule has 1 aromatic heterocycles. The number of para-hydroxylation sites is 1. The molecule has 0 saturated heterocycles. The summed E-state index contributed by atoms with van der Waals surface area (Å²) in [5.41, 5.74) is 1.79. The topological polar surface area (TPSA) is 49.6 Å². The Morgan fingerprint density at radius 1 is 1.21 bits per heavy atom. The van der Waals surface area contributed by atoms with Gasteiger partial charge in [0.1, 0.15) is 12.0 Å². The minimum absolute atomic E-state index is 0.0485. The van der Waals surface area contributed by atoms with Crippen LogP contribution in [0.5, 0.6) is 0 Å². The van der Waals surface area contributed by atoms with Crippen LogP contribution >= 0.6 is 0 Å². The summed E-state index contributed by atoms with van der Waals surface area (Å²) < 4.78 is 4.83. The molecule has 0 aliphatic rings. The second kappa shape index (κ2) is 6.04. The molecule has 5 heteroatoms. The Kier molecular flexibility index (Phi) is 4.18. The molecule has 0 unspecified atom stereocenters. The number of likely N-dealkylation sites (N-methyl/N-ethyl adjacent to an activating group) is 1. The van der Waals surface area contributed by atoms with Gasteiger partial charge >= 0.3 is 0 Å². The predicted octanol–water partition coefficient (Wildman–Crippen LogP) is 1.77. The molecule has 0 radical (unpaired) electrons. The summed E-state index contributed by atoms with van der Waals surface area (Å²) in [5.74, 6) is 0.0485. The number of nitrogens with zero attached hydrogens (tertiary/aromatic N) is 3. The molecule has 0 aliphatic heterocycles. The van der Waals surface area contributed by atoms with Crippen LogP contribution < -0.4 is 4.90 Å². The van der Waals surface area contributed by atoms with E-state index in [-0.39, 0.29) is 5.91 Å². The quantitative estimate of drug-likeness (QED) is 0.821. The van der Waals surface area contributed by atoms with Crippen molar-refractivity contribution >= 4 is 11.6 Å². The summed E-state index contributed by atoms with van der Waals surface area (Å²) in [6.07, 6.45) is 1.53. The van der Waals surface area contributed by atoms with E-state index in [2.05, 4.69) is 5.16 Å². The molecular weight excluding hydrogens is 242 g/mol. The molecule has 2 rings (SSSR count). The van der Waals surface area contributed by atoms with Crippen molar-refractivity contribution in [3.63, 3.8) is 0 Å². The molecule has 0 fully saturated rings. The van der Waals surface area contributed by atoms with Gasteiger partial charge in [0.25, 0.3) is 0 Å². The van der Waals surface area contributed by atoms with Crippen LogP contribution in [0.15, 0.2) is 47.2 Å². The van der Waals surface area contributed by atoms with Gasteiger partial charge in [0, 0.05) is 25.8 Å². The van der Waals surface area contributed by atoms with E-state index < -0.39 is 0 Å². The molecule has 0 atom stereocenters. The normalized spacial score (nSPS) is 10.2. The maximum atomic E-state index is 11.9. The van der Waals surface area contributed by atoms with Gasteiger partial charge in [0.2, 0.25) is 5.91 Å². The van der Waals surface area contributed by atoms with Crippen LogP contribution in [-0.2, 0) is 11.3 Å². The molecule has 1 heterocycles. The highest BCUT2D eigenvalue weighted by Crippen LogP contribution is 2.16. The lowest BCUT2D eigenvalue weighted by Crippen LogP contribution is -2.36. The standard InChI is InChI=1S/C14H17N3O2/c1-16(2)14(18)11-17(10-12-8-9-19-15-12)13-6-4-3-5-7-13/h3-9H,10-11H2,1-2H3. The first-order chi connectivity index (χ1) is 9.16. The predicted molar refractivity (Wildman–Crippen MR) is 72.7 cm³/mol. The van der Waals surface area contributed by atoms with Crippen LogP contribution in [-0.4, -0.2) is 36.6 Å². The van der Waals surface area contributed by atoms with Crippen molar-refractivity contribution in [3.05, 3.63) is 48.4 Å². The van der Waals surface area contributed by atoms with E-state index in [1.807, 2.05) is 35.2 Å². The average molecular weight is 259 g/mol. The van der Waals surface area contributed by atoms with E-state index in [0.717, 1.165) is 11.4 Å². The molecule has 2 aromatic rings. The third kappa shape index (κ3) is 3.58. The summed E-state index contributed by atoms with van der Waals surface area (Å²) >= 11 is 0. The first kappa shape index (κ1) is 13.1. The lowest BCUT2D eigenvalue weighted by Gasteiger charge is -2.24. The molecule has 0 spiro atoms. The van der Waals surface area contributed by atoms with Crippen molar-refractivity contribution in [2.24, 2.45) is 0 Å². The SMILES string of the molecule is CN(C)C(=O)CN(Cc1ccon1)c1ccccc1. The highest BCUT2D eigenvalue weighted by molar-refractivity contribution is 5.81. The second-order valence-electron chi connectivity index (χ2n) is 4.47. The van der Waals surface area contributed by atoms with Gasteiger partial charge in [0.15, 0.2) is 0 Å². The van der Waals surface area contributed by atoms with Crippen molar-refractivity contribution in [2.45, 2.75) is 6.54 Å². The minimum Gasteiger partial charge on any atom is -0.364 e. The van der Waals surface area contributed by atoms with Crippen molar-refractivity contribution in [3.8, 4) is 0 Å². The number of rotatable bonds is 5. The van der Waals surface area contributed by atoms with Gasteiger partial charge in [-0.2, -0.15) is 0 Å². The molecule has 19 heavy (non-hydrogen) atoms. The van der Waals surface area contributed by atoms with E-state index >= 15 is 0 Å². The number of anilines is 1. The van der Waals surface area contributed by atoms with Crippen molar-refractivity contribution in [2.75, 3.05) is 25.5 Å². The number of carbonyl (C=O) groups excluding carboxylic acids is 1. The summed E-state index contributed by atoms with van der Waals surface area (Å²) in [6, 6.07) is 11.6. The molecule has 0 aliphatic carbocycles. The van der Waals surface area contributed by atoms with Crippen LogP contribution in [0.3, 0.4) is 0 Å². The van der Waals surface area contributed by atoms with Gasteiger partial charge in [-0.05, 0) is 12.1 Å². The lowest BCUT2D eigenvalue weighted by atomic mass is 10.2. The molecule has 5 nitrogen and oxygen atoms in total. The van der Waals surface area contributed by atoms with Crippen LogP contribution in [0.1, 0.15) is 5.69 Å². The fourth-order valence-corrected chi connectivity index (χ4v) is 1.70. The van der Waals surface area contributed by atoms with E-state index in [9.17, 15) is 4.79 Å². The Labute approximate surface area is 112 Å². The number of benzene rings is 1. The van der Waals surface area contributed by atoms with Crippen LogP contribution in [0.4, 0.5) is 5.69 Å². The largest absolute Gasteiger partial charge is 0.364 e. The first-order valence-corrected chi connectivity index (χ1v) is 6.06. The zero-order chi connectivity index (χ0) is 13.7. The first-order valence-electron chi connectivity index (χ1n) is 6.06. The van der Waals surface area contributed by atoms with E-state index in [1.165, 1.54) is 6.26 Å². The van der Waals surface area contributed by atoms with Gasteiger partial charge in [-0.15, -0.1) is 0 Å². The average Bonchev–Trinajstić information content (AvgIpc) is 2.91. The summed E-state index contributed by atoms with van der Waals surface area (Å²) in [6.45, 7) is 0.851. The van der Waals surface area contributed by atoms with Gasteiger partial charge in [-0.3, -0.25) is 4.79 Å². The van der Waals surface area contributed by atoms with Crippen LogP contribution in [0.25, 0.3) is 0 Å². The molecule has 1 amide bonds. The smallest absolute Gasteiger partial charge is 0.241 e. The molecule has 0 saturated carbocycles. The third-order valence-corrected chi connectivity index (χ3v) is 2.79. The summed E-state index contributed by atoms with van der Waals surface area (Å²) in [4.78, 5) is 15.4. The monoisotopic (exact) mass is 259 g/mol. The minimum atomic E-state index is 0.0485. The maximum absolute atomic E-state index is 11.9. The maximum Gasteiger partial charge on any atom is 0.241 e. The fourth-order valence-electron chi connectivity index (χ4n) is 1.70. The van der Waals surface area contributed by atoms with Crippen LogP contribution in [0, 0.1) is 0 Å². The van der Waals surface area contributed by atoms with E-state index in [0.29, 0.717) is 13.1 Å². The zero-order valence-corrected chi connectivity index (χ0v) is 11.1. The van der Waals surface area contributed by atoms with Crippen LogP contribution in [0.2, 0.25) is 0 Å². The molecule has 0 bridgehead atoms. The summed E-state index contributed by atoms with van der Waals surface area (Å²) in [5, 5.41) is 3.89. The number of hydrogen-bond acceptors (Lipinski definition) is 4. The molecule has 0 N–H and O–H groups in total. The van der Waals surface area contributed by atoms with E-state index in [1.54, 1.807) is 25.1 Å². The Bertz CT molecular complexity index is 509. The van der Waals surface area contributed by atoms with Gasteiger partial charge in [-0.1, -0.05) is 23.4 Å². The summed E-state index contributed by atoms with van der Waals surface area (Å²) in [7, 11) is 3.50. The Hall–Kier alpha value is -2.30. The number of aromatic nitrogens is 1. The highest BCUT2D eigenvalue weighted by atomic mass is 16.5. The molecular formula is C14H17N3O2. The molecule has 100 valence electrons. The van der Waals surface area contributed by atoms with Crippen molar-refractivity contribution in [1.29, 1.82) is 0 Å². The third-order valence-electron chi connectivity index (χ3n) is 2.79. The van der Waals surface area contributed by atoms with Crippen molar-refractivity contribution in [1.82, 2.24) is 10.1 Å². The lowest BCUT2D eigenvalue weighted by molar-refractivity contribution is -0.127.